The van der Waals surface area contributed by atoms with Gasteiger partial charge >= 0.3 is 0 Å². The normalized spacial score (nSPS) is 17.3. The van der Waals surface area contributed by atoms with Gasteiger partial charge in [-0.15, -0.1) is 0 Å². The Labute approximate surface area is 86.7 Å². The topological polar surface area (TPSA) is 0 Å². The van der Waals surface area contributed by atoms with E-state index >= 15 is 0 Å². The van der Waals surface area contributed by atoms with Gasteiger partial charge in [-0.3, -0.25) is 0 Å². The van der Waals surface area contributed by atoms with Crippen molar-refractivity contribution in [3.8, 4) is 0 Å². The van der Waals surface area contributed by atoms with Gasteiger partial charge in [-0.25, -0.2) is 0 Å². The number of benzene rings is 1. The van der Waals surface area contributed by atoms with Gasteiger partial charge in [-0.1, -0.05) is 42.3 Å². The monoisotopic (exact) mass is 185 g/mol. The van der Waals surface area contributed by atoms with Crippen molar-refractivity contribution in [1.82, 2.24) is 0 Å². The minimum absolute atomic E-state index is 1.11. The summed E-state index contributed by atoms with van der Waals surface area (Å²) in [6.07, 6.45) is 11.2. The van der Waals surface area contributed by atoms with Gasteiger partial charge in [0, 0.05) is 0 Å². The van der Waals surface area contributed by atoms with Gasteiger partial charge in [0.2, 0.25) is 0 Å². The van der Waals surface area contributed by atoms with Crippen LogP contribution in [0.15, 0.2) is 35.9 Å². The first kappa shape index (κ1) is 9.51. The molecule has 1 radical (unpaired) electrons. The summed E-state index contributed by atoms with van der Waals surface area (Å²) >= 11 is 0. The summed E-state index contributed by atoms with van der Waals surface area (Å²) in [5, 5.41) is 0. The first-order valence-electron chi connectivity index (χ1n) is 5.57. The summed E-state index contributed by atoms with van der Waals surface area (Å²) in [6, 6.07) is 10.7. The second-order valence-electron chi connectivity index (χ2n) is 4.00. The molecule has 1 aromatic carbocycles. The SMILES string of the molecule is [C]1=C(Cc2ccccc2)CCCCC1. The Kier molecular flexibility index (Phi) is 3.39. The molecule has 0 unspecified atom stereocenters. The molecule has 14 heavy (non-hydrogen) atoms. The summed E-state index contributed by atoms with van der Waals surface area (Å²) in [5.41, 5.74) is 2.95. The number of rotatable bonds is 2. The van der Waals surface area contributed by atoms with Crippen LogP contribution >= 0.6 is 0 Å². The maximum absolute atomic E-state index is 3.55. The maximum atomic E-state index is 3.55. The molecule has 0 heterocycles. The molecule has 0 aliphatic heterocycles. The van der Waals surface area contributed by atoms with Gasteiger partial charge in [0.25, 0.3) is 0 Å². The lowest BCUT2D eigenvalue weighted by Gasteiger charge is -2.04. The van der Waals surface area contributed by atoms with Crippen LogP contribution in [0.2, 0.25) is 0 Å². The van der Waals surface area contributed by atoms with Crippen molar-refractivity contribution >= 4 is 0 Å². The Hall–Kier alpha value is -1.04. The van der Waals surface area contributed by atoms with Crippen LogP contribution in [0.1, 0.15) is 37.7 Å². The molecule has 0 aromatic heterocycles. The first-order valence-corrected chi connectivity index (χ1v) is 5.57. The molecule has 0 heteroatoms. The molecule has 1 aliphatic carbocycles. The quantitative estimate of drug-likeness (QED) is 0.655. The van der Waals surface area contributed by atoms with Crippen molar-refractivity contribution in [3.05, 3.63) is 47.5 Å². The molecular weight excluding hydrogens is 168 g/mol. The lowest BCUT2D eigenvalue weighted by molar-refractivity contribution is 0.706. The molecule has 1 aromatic rings. The minimum atomic E-state index is 1.11. The van der Waals surface area contributed by atoms with Crippen LogP contribution < -0.4 is 0 Å². The lowest BCUT2D eigenvalue weighted by atomic mass is 10.0. The average molecular weight is 185 g/mol. The highest BCUT2D eigenvalue weighted by Gasteiger charge is 2.03. The molecule has 2 rings (SSSR count). The summed E-state index contributed by atoms with van der Waals surface area (Å²) in [4.78, 5) is 0. The van der Waals surface area contributed by atoms with Crippen LogP contribution in [0.4, 0.5) is 0 Å². The minimum Gasteiger partial charge on any atom is -0.0623 e. The highest BCUT2D eigenvalue weighted by atomic mass is 14.1. The molecule has 0 bridgehead atoms. The Bertz CT molecular complexity index is 295. The molecule has 0 atom stereocenters. The van der Waals surface area contributed by atoms with Crippen LogP contribution in [0.25, 0.3) is 0 Å². The lowest BCUT2D eigenvalue weighted by Crippen LogP contribution is -1.89. The third-order valence-corrected chi connectivity index (χ3v) is 2.79. The van der Waals surface area contributed by atoms with E-state index in [9.17, 15) is 0 Å². The number of hydrogen-bond acceptors (Lipinski definition) is 0. The fourth-order valence-corrected chi connectivity index (χ4v) is 1.99. The van der Waals surface area contributed by atoms with E-state index in [1.807, 2.05) is 0 Å². The standard InChI is InChI=1S/C14H17/c1-2-5-9-13(8-4-1)12-14-10-6-3-7-11-14/h3,6-7,10-11H,1-2,4-5,8,12H2. The molecule has 0 N–H and O–H groups in total. The molecule has 0 fully saturated rings. The van der Waals surface area contributed by atoms with Crippen molar-refractivity contribution in [3.63, 3.8) is 0 Å². The second kappa shape index (κ2) is 4.99. The molecular formula is C14H17. The average Bonchev–Trinajstić information content (AvgIpc) is 2.48. The fraction of sp³-hybridized carbons (Fsp3) is 0.429. The van der Waals surface area contributed by atoms with Crippen LogP contribution in [0.3, 0.4) is 0 Å². The predicted molar refractivity (Wildman–Crippen MR) is 60.0 cm³/mol. The summed E-state index contributed by atoms with van der Waals surface area (Å²) in [6.45, 7) is 0. The third kappa shape index (κ3) is 2.73. The van der Waals surface area contributed by atoms with Gasteiger partial charge in [-0.05, 0) is 43.7 Å². The van der Waals surface area contributed by atoms with Gasteiger partial charge in [-0.2, -0.15) is 0 Å². The Morgan fingerprint density at radius 3 is 2.71 bits per heavy atom. The van der Waals surface area contributed by atoms with Crippen LogP contribution in [0.5, 0.6) is 0 Å². The summed E-state index contributed by atoms with van der Waals surface area (Å²) < 4.78 is 0. The highest BCUT2D eigenvalue weighted by molar-refractivity contribution is 5.21. The van der Waals surface area contributed by atoms with Gasteiger partial charge < -0.3 is 0 Å². The van der Waals surface area contributed by atoms with Crippen LogP contribution in [-0.4, -0.2) is 0 Å². The van der Waals surface area contributed by atoms with Gasteiger partial charge in [0.05, 0.1) is 0 Å². The van der Waals surface area contributed by atoms with Crippen molar-refractivity contribution < 1.29 is 0 Å². The molecule has 0 nitrogen and oxygen atoms in total. The van der Waals surface area contributed by atoms with E-state index < -0.39 is 0 Å². The van der Waals surface area contributed by atoms with Gasteiger partial charge in [0.15, 0.2) is 0 Å². The maximum Gasteiger partial charge on any atom is -0.00612 e. The molecule has 73 valence electrons. The van der Waals surface area contributed by atoms with Crippen LogP contribution in [0, 0.1) is 6.08 Å². The smallest absolute Gasteiger partial charge is 0.00612 e. The summed E-state index contributed by atoms with van der Waals surface area (Å²) in [7, 11) is 0. The molecule has 1 aliphatic rings. The van der Waals surface area contributed by atoms with E-state index in [0.29, 0.717) is 0 Å². The van der Waals surface area contributed by atoms with E-state index in [-0.39, 0.29) is 0 Å². The Balaban J connectivity index is 1.99. The predicted octanol–water partition coefficient (Wildman–Crippen LogP) is 3.92. The number of hydrogen-bond donors (Lipinski definition) is 0. The first-order chi connectivity index (χ1) is 6.95. The van der Waals surface area contributed by atoms with Crippen molar-refractivity contribution in [2.45, 2.75) is 38.5 Å². The van der Waals surface area contributed by atoms with Gasteiger partial charge in [0.1, 0.15) is 0 Å². The summed E-state index contributed by atoms with van der Waals surface area (Å²) in [5.74, 6) is 0. The van der Waals surface area contributed by atoms with Crippen molar-refractivity contribution in [1.29, 1.82) is 0 Å². The second-order valence-corrected chi connectivity index (χ2v) is 4.00. The molecule has 0 spiro atoms. The van der Waals surface area contributed by atoms with E-state index in [4.69, 9.17) is 0 Å². The highest BCUT2D eigenvalue weighted by Crippen LogP contribution is 2.19. The van der Waals surface area contributed by atoms with Crippen LogP contribution in [-0.2, 0) is 6.42 Å². The van der Waals surface area contributed by atoms with Crippen molar-refractivity contribution in [2.75, 3.05) is 0 Å². The Morgan fingerprint density at radius 2 is 1.86 bits per heavy atom. The number of allylic oxidation sites excluding steroid dienone is 2. The van der Waals surface area contributed by atoms with E-state index in [1.165, 1.54) is 43.2 Å². The van der Waals surface area contributed by atoms with E-state index in [1.54, 1.807) is 0 Å². The zero-order chi connectivity index (χ0) is 9.64. The Morgan fingerprint density at radius 1 is 1.00 bits per heavy atom. The van der Waals surface area contributed by atoms with E-state index in [2.05, 4.69) is 36.4 Å². The zero-order valence-electron chi connectivity index (χ0n) is 8.63. The van der Waals surface area contributed by atoms with Crippen molar-refractivity contribution in [2.24, 2.45) is 0 Å². The molecule has 0 saturated heterocycles. The zero-order valence-corrected chi connectivity index (χ0v) is 8.63. The fourth-order valence-electron chi connectivity index (χ4n) is 1.99. The molecule has 0 saturated carbocycles. The largest absolute Gasteiger partial charge is 0.0623 e. The molecule has 0 amide bonds. The third-order valence-electron chi connectivity index (χ3n) is 2.79. The van der Waals surface area contributed by atoms with E-state index in [0.717, 1.165) is 6.42 Å².